The maximum atomic E-state index is 12.3. The van der Waals surface area contributed by atoms with Crippen LogP contribution in [0.3, 0.4) is 0 Å². The van der Waals surface area contributed by atoms with E-state index in [-0.39, 0.29) is 5.91 Å². The van der Waals surface area contributed by atoms with E-state index in [1.807, 2.05) is 47.8 Å². The van der Waals surface area contributed by atoms with Crippen molar-refractivity contribution in [3.8, 4) is 22.8 Å². The second-order valence-corrected chi connectivity index (χ2v) is 8.48. The van der Waals surface area contributed by atoms with Crippen LogP contribution in [0, 0.1) is 0 Å². The highest BCUT2D eigenvalue weighted by Crippen LogP contribution is 2.29. The summed E-state index contributed by atoms with van der Waals surface area (Å²) in [7, 11) is 1.61. The van der Waals surface area contributed by atoms with Crippen LogP contribution in [0.5, 0.6) is 11.5 Å². The number of anilines is 1. The molecule has 0 radical (unpaired) electrons. The number of methoxy groups -OCH3 is 1. The van der Waals surface area contributed by atoms with E-state index in [4.69, 9.17) is 21.1 Å². The molecule has 1 amide bonds. The molecule has 3 rings (SSSR count). The number of ether oxygens (including phenoxy) is 2. The molecule has 0 aliphatic heterocycles. The Morgan fingerprint density at radius 3 is 2.69 bits per heavy atom. The van der Waals surface area contributed by atoms with Gasteiger partial charge in [-0.05, 0) is 42.3 Å². The zero-order valence-corrected chi connectivity index (χ0v) is 19.8. The van der Waals surface area contributed by atoms with Gasteiger partial charge in [0.15, 0.2) is 16.6 Å². The predicted octanol–water partition coefficient (Wildman–Crippen LogP) is 7.08. The van der Waals surface area contributed by atoms with E-state index in [1.54, 1.807) is 13.2 Å². The van der Waals surface area contributed by atoms with Gasteiger partial charge in [0.1, 0.15) is 0 Å². The fraction of sp³-hybridized carbons (Fsp3) is 0.280. The molecule has 0 bridgehead atoms. The van der Waals surface area contributed by atoms with E-state index < -0.39 is 0 Å². The van der Waals surface area contributed by atoms with Crippen molar-refractivity contribution in [3.05, 3.63) is 64.5 Å². The Balaban J connectivity index is 1.56. The highest BCUT2D eigenvalue weighted by molar-refractivity contribution is 7.14. The summed E-state index contributed by atoms with van der Waals surface area (Å²) >= 11 is 7.30. The summed E-state index contributed by atoms with van der Waals surface area (Å²) in [5, 5.41) is 5.90. The Hall–Kier alpha value is -2.83. The molecule has 1 aromatic heterocycles. The van der Waals surface area contributed by atoms with Crippen LogP contribution < -0.4 is 14.8 Å². The number of benzene rings is 2. The number of carbonyl (C=O) groups excluding carboxylic acids is 1. The zero-order chi connectivity index (χ0) is 22.8. The second-order valence-electron chi connectivity index (χ2n) is 7.19. The van der Waals surface area contributed by atoms with Gasteiger partial charge in [0.05, 0.1) is 19.4 Å². The summed E-state index contributed by atoms with van der Waals surface area (Å²) in [6, 6.07) is 13.0. The molecule has 1 N–H and O–H groups in total. The number of amides is 1. The van der Waals surface area contributed by atoms with Crippen LogP contribution in [0.25, 0.3) is 17.3 Å². The predicted molar refractivity (Wildman–Crippen MR) is 133 cm³/mol. The van der Waals surface area contributed by atoms with Gasteiger partial charge in [-0.1, -0.05) is 56.0 Å². The van der Waals surface area contributed by atoms with E-state index in [9.17, 15) is 4.79 Å². The fourth-order valence-corrected chi connectivity index (χ4v) is 3.87. The number of halogens is 1. The number of thiazole rings is 1. The maximum Gasteiger partial charge on any atom is 0.250 e. The van der Waals surface area contributed by atoms with Crippen molar-refractivity contribution in [1.82, 2.24) is 4.98 Å². The number of aromatic nitrogens is 1. The van der Waals surface area contributed by atoms with Crippen LogP contribution in [0.2, 0.25) is 5.02 Å². The van der Waals surface area contributed by atoms with Crippen LogP contribution in [-0.4, -0.2) is 24.6 Å². The summed E-state index contributed by atoms with van der Waals surface area (Å²) in [5.41, 5.74) is 2.58. The van der Waals surface area contributed by atoms with Crippen LogP contribution in [0.1, 0.15) is 38.2 Å². The smallest absolute Gasteiger partial charge is 0.250 e. The number of nitrogens with one attached hydrogen (secondary N) is 1. The monoisotopic (exact) mass is 470 g/mol. The maximum absolute atomic E-state index is 12.3. The van der Waals surface area contributed by atoms with Gasteiger partial charge in [0, 0.05) is 22.0 Å². The van der Waals surface area contributed by atoms with Crippen molar-refractivity contribution < 1.29 is 14.3 Å². The van der Waals surface area contributed by atoms with Gasteiger partial charge < -0.3 is 9.47 Å². The van der Waals surface area contributed by atoms with E-state index in [1.165, 1.54) is 30.3 Å². The number of rotatable bonds is 11. The summed E-state index contributed by atoms with van der Waals surface area (Å²) in [4.78, 5) is 16.8. The first kappa shape index (κ1) is 23.8. The summed E-state index contributed by atoms with van der Waals surface area (Å²) in [5.74, 6) is 1.11. The minimum absolute atomic E-state index is 0.253. The molecule has 1 heterocycles. The van der Waals surface area contributed by atoms with E-state index in [0.29, 0.717) is 28.3 Å². The normalized spacial score (nSPS) is 11.0. The highest BCUT2D eigenvalue weighted by Gasteiger charge is 2.08. The number of carbonyl (C=O) groups is 1. The van der Waals surface area contributed by atoms with Gasteiger partial charge in [-0.25, -0.2) is 4.98 Å². The molecule has 0 aliphatic rings. The van der Waals surface area contributed by atoms with E-state index >= 15 is 0 Å². The molecule has 0 saturated heterocycles. The molecule has 0 aliphatic carbocycles. The fourth-order valence-electron chi connectivity index (χ4n) is 3.02. The van der Waals surface area contributed by atoms with Gasteiger partial charge in [-0.15, -0.1) is 11.3 Å². The topological polar surface area (TPSA) is 60.5 Å². The minimum atomic E-state index is -0.253. The van der Waals surface area contributed by atoms with Crippen LogP contribution >= 0.6 is 22.9 Å². The highest BCUT2D eigenvalue weighted by atomic mass is 35.5. The van der Waals surface area contributed by atoms with Gasteiger partial charge in [0.25, 0.3) is 0 Å². The van der Waals surface area contributed by atoms with Crippen LogP contribution in [0.4, 0.5) is 5.13 Å². The third kappa shape index (κ3) is 7.11. The van der Waals surface area contributed by atoms with Gasteiger partial charge in [-0.3, -0.25) is 10.1 Å². The Labute approximate surface area is 198 Å². The summed E-state index contributed by atoms with van der Waals surface area (Å²) in [6.07, 6.45) is 7.81. The lowest BCUT2D eigenvalue weighted by Crippen LogP contribution is -2.07. The van der Waals surface area contributed by atoms with Gasteiger partial charge >= 0.3 is 0 Å². The molecule has 0 spiro atoms. The Morgan fingerprint density at radius 1 is 1.12 bits per heavy atom. The van der Waals surface area contributed by atoms with Crippen molar-refractivity contribution in [3.63, 3.8) is 0 Å². The van der Waals surface area contributed by atoms with Crippen molar-refractivity contribution in [1.29, 1.82) is 0 Å². The third-order valence-corrected chi connectivity index (χ3v) is 5.75. The average Bonchev–Trinajstić information content (AvgIpc) is 3.26. The van der Waals surface area contributed by atoms with E-state index in [2.05, 4.69) is 17.2 Å². The number of nitrogens with zero attached hydrogens (tertiary/aromatic N) is 1. The Morgan fingerprint density at radius 2 is 1.94 bits per heavy atom. The molecular formula is C25H27ClN2O3S. The lowest BCUT2D eigenvalue weighted by atomic mass is 10.2. The Kier molecular flexibility index (Phi) is 9.13. The van der Waals surface area contributed by atoms with Crippen molar-refractivity contribution in [2.75, 3.05) is 19.0 Å². The standard InChI is InChI=1S/C25H27ClN2O3S/c1-3-4-5-6-15-31-22-13-7-18(16-23(22)30-2)8-14-24(29)28-25-27-21(17-32-25)19-9-11-20(26)12-10-19/h7-14,16-17H,3-6,15H2,1-2H3,(H,27,28,29). The number of hydrogen-bond donors (Lipinski definition) is 1. The zero-order valence-electron chi connectivity index (χ0n) is 18.3. The van der Waals surface area contributed by atoms with Gasteiger partial charge in [0.2, 0.25) is 5.91 Å². The molecule has 168 valence electrons. The Bertz CT molecular complexity index is 1050. The molecule has 0 unspecified atom stereocenters. The molecule has 2 aromatic carbocycles. The molecule has 0 fully saturated rings. The number of unbranched alkanes of at least 4 members (excludes halogenated alkanes) is 3. The molecule has 32 heavy (non-hydrogen) atoms. The van der Waals surface area contributed by atoms with Crippen molar-refractivity contribution in [2.45, 2.75) is 32.6 Å². The molecular weight excluding hydrogens is 444 g/mol. The van der Waals surface area contributed by atoms with Crippen molar-refractivity contribution in [2.24, 2.45) is 0 Å². The van der Waals surface area contributed by atoms with Crippen LogP contribution in [-0.2, 0) is 4.79 Å². The molecule has 0 atom stereocenters. The SMILES string of the molecule is CCCCCCOc1ccc(C=CC(=O)Nc2nc(-c3ccc(Cl)cc3)cs2)cc1OC. The second kappa shape index (κ2) is 12.3. The largest absolute Gasteiger partial charge is 0.493 e. The third-order valence-electron chi connectivity index (χ3n) is 4.74. The lowest BCUT2D eigenvalue weighted by molar-refractivity contribution is -0.111. The molecule has 3 aromatic rings. The van der Waals surface area contributed by atoms with E-state index in [0.717, 1.165) is 29.7 Å². The van der Waals surface area contributed by atoms with Gasteiger partial charge in [-0.2, -0.15) is 0 Å². The first-order valence-electron chi connectivity index (χ1n) is 10.6. The first-order chi connectivity index (χ1) is 15.6. The first-order valence-corrected chi connectivity index (χ1v) is 11.9. The molecule has 5 nitrogen and oxygen atoms in total. The van der Waals surface area contributed by atoms with Crippen LogP contribution in [0.15, 0.2) is 53.9 Å². The lowest BCUT2D eigenvalue weighted by Gasteiger charge is -2.11. The van der Waals surface area contributed by atoms with Crippen molar-refractivity contribution >= 4 is 40.1 Å². The number of hydrogen-bond acceptors (Lipinski definition) is 5. The summed E-state index contributed by atoms with van der Waals surface area (Å²) < 4.78 is 11.3. The molecule has 7 heteroatoms. The average molecular weight is 471 g/mol. The minimum Gasteiger partial charge on any atom is -0.493 e. The summed E-state index contributed by atoms with van der Waals surface area (Å²) in [6.45, 7) is 2.85. The molecule has 0 saturated carbocycles. The quantitative estimate of drug-likeness (QED) is 0.240.